The van der Waals surface area contributed by atoms with Gasteiger partial charge in [-0.05, 0) is 57.1 Å². The number of nitrogens with zero attached hydrogens (tertiary/aromatic N) is 3. The zero-order valence-electron chi connectivity index (χ0n) is 13.1. The molecule has 0 saturated heterocycles. The molecule has 1 N–H and O–H groups in total. The smallest absolute Gasteiger partial charge is 0.322 e. The van der Waals surface area contributed by atoms with E-state index in [0.717, 1.165) is 10.1 Å². The summed E-state index contributed by atoms with van der Waals surface area (Å²) in [4.78, 5) is 18.1. The molecule has 1 unspecified atom stereocenters. The van der Waals surface area contributed by atoms with Gasteiger partial charge in [-0.1, -0.05) is 33.7 Å². The van der Waals surface area contributed by atoms with E-state index < -0.39 is 6.87 Å². The maximum Gasteiger partial charge on any atom is 0.360 e. The molecule has 2 aromatic heterocycles. The molecule has 0 aliphatic rings. The number of pyridine rings is 2. The molecule has 0 fully saturated rings. The van der Waals surface area contributed by atoms with E-state index in [1.54, 1.807) is 55.6 Å². The standard InChI is InChI=1S/C14H17ClN3O2PS4/c15-21(19,20)18(9-11-22-24-13-5-1-3-7-16-13)10-12-23-25-14-6-2-4-8-17-14/h1-8H,9-12H2,(H,19,20). The third-order valence-electron chi connectivity index (χ3n) is 2.78. The van der Waals surface area contributed by atoms with Crippen molar-refractivity contribution in [2.75, 3.05) is 24.6 Å². The lowest BCUT2D eigenvalue weighted by atomic mass is 10.5. The number of hydrogen-bond acceptors (Lipinski definition) is 7. The first-order valence-electron chi connectivity index (χ1n) is 7.24. The molecule has 0 saturated carbocycles. The van der Waals surface area contributed by atoms with Crippen LogP contribution in [0.3, 0.4) is 0 Å². The summed E-state index contributed by atoms with van der Waals surface area (Å²) < 4.78 is 13.3. The van der Waals surface area contributed by atoms with Gasteiger partial charge in [-0.15, -0.1) is 0 Å². The average Bonchev–Trinajstić information content (AvgIpc) is 2.61. The topological polar surface area (TPSA) is 66.3 Å². The van der Waals surface area contributed by atoms with Gasteiger partial charge in [0.15, 0.2) is 0 Å². The van der Waals surface area contributed by atoms with Crippen molar-refractivity contribution in [3.63, 3.8) is 0 Å². The second-order valence-corrected chi connectivity index (χ2v) is 12.3. The average molecular weight is 454 g/mol. The molecule has 136 valence electrons. The van der Waals surface area contributed by atoms with Gasteiger partial charge in [-0.25, -0.2) is 14.6 Å². The van der Waals surface area contributed by atoms with Crippen LogP contribution >= 0.6 is 61.3 Å². The third-order valence-corrected chi connectivity index (χ3v) is 9.01. The minimum atomic E-state index is -3.77. The highest BCUT2D eigenvalue weighted by atomic mass is 35.7. The van der Waals surface area contributed by atoms with Crippen molar-refractivity contribution in [3.05, 3.63) is 48.8 Å². The minimum absolute atomic E-state index is 0.441. The molecule has 1 atom stereocenters. The Labute approximate surface area is 168 Å². The van der Waals surface area contributed by atoms with Crippen LogP contribution in [-0.2, 0) is 4.57 Å². The van der Waals surface area contributed by atoms with Gasteiger partial charge >= 0.3 is 6.87 Å². The van der Waals surface area contributed by atoms with Crippen LogP contribution in [-0.4, -0.2) is 44.1 Å². The molecule has 0 aliphatic carbocycles. The summed E-state index contributed by atoms with van der Waals surface area (Å²) in [7, 11) is 6.26. The molecular weight excluding hydrogens is 437 g/mol. The molecule has 0 spiro atoms. The van der Waals surface area contributed by atoms with Crippen molar-refractivity contribution in [1.82, 2.24) is 14.6 Å². The Hall–Kier alpha value is 0.140. The number of rotatable bonds is 11. The fourth-order valence-corrected chi connectivity index (χ4v) is 6.80. The van der Waals surface area contributed by atoms with Crippen LogP contribution in [0.15, 0.2) is 58.8 Å². The number of aromatic nitrogens is 2. The van der Waals surface area contributed by atoms with Crippen LogP contribution in [0.4, 0.5) is 0 Å². The summed E-state index contributed by atoms with van der Waals surface area (Å²) in [5, 5.41) is 1.83. The van der Waals surface area contributed by atoms with Crippen molar-refractivity contribution in [2.45, 2.75) is 10.1 Å². The van der Waals surface area contributed by atoms with Crippen LogP contribution in [0.25, 0.3) is 0 Å². The highest BCUT2D eigenvalue weighted by Gasteiger charge is 2.24. The molecule has 25 heavy (non-hydrogen) atoms. The normalized spacial score (nSPS) is 13.7. The fourth-order valence-electron chi connectivity index (χ4n) is 1.64. The molecule has 0 bridgehead atoms. The monoisotopic (exact) mass is 453 g/mol. The first-order valence-corrected chi connectivity index (χ1v) is 14.4. The lowest BCUT2D eigenvalue weighted by molar-refractivity contribution is 0.386. The SMILES string of the molecule is O=P(O)(Cl)N(CCSSc1ccccn1)CCSSc1ccccn1. The van der Waals surface area contributed by atoms with E-state index in [-0.39, 0.29) is 0 Å². The molecule has 2 heterocycles. The number of hydrogen-bond donors (Lipinski definition) is 1. The Morgan fingerprint density at radius 1 is 0.960 bits per heavy atom. The Morgan fingerprint density at radius 2 is 1.44 bits per heavy atom. The van der Waals surface area contributed by atoms with Gasteiger partial charge < -0.3 is 4.89 Å². The fraction of sp³-hybridized carbons (Fsp3) is 0.286. The predicted octanol–water partition coefficient (Wildman–Crippen LogP) is 5.30. The molecule has 0 amide bonds. The lowest BCUT2D eigenvalue weighted by Crippen LogP contribution is -2.23. The molecule has 11 heteroatoms. The minimum Gasteiger partial charge on any atom is -0.322 e. The summed E-state index contributed by atoms with van der Waals surface area (Å²) >= 11 is 5.67. The van der Waals surface area contributed by atoms with E-state index in [2.05, 4.69) is 9.97 Å². The Kier molecular flexibility index (Phi) is 10.1. The van der Waals surface area contributed by atoms with Gasteiger partial charge in [0.25, 0.3) is 0 Å². The number of halogens is 1. The molecule has 2 aromatic rings. The van der Waals surface area contributed by atoms with E-state index in [1.165, 1.54) is 4.67 Å². The third kappa shape index (κ3) is 9.06. The highest BCUT2D eigenvalue weighted by molar-refractivity contribution is 8.77. The Bertz CT molecular complexity index is 618. The van der Waals surface area contributed by atoms with E-state index >= 15 is 0 Å². The second kappa shape index (κ2) is 11.8. The van der Waals surface area contributed by atoms with Crippen LogP contribution < -0.4 is 0 Å². The summed E-state index contributed by atoms with van der Waals surface area (Å²) in [6.45, 7) is -2.89. The largest absolute Gasteiger partial charge is 0.360 e. The Balaban J connectivity index is 1.68. The summed E-state index contributed by atoms with van der Waals surface area (Å²) in [5.74, 6) is 1.35. The molecule has 5 nitrogen and oxygen atoms in total. The van der Waals surface area contributed by atoms with Gasteiger partial charge in [0, 0.05) is 37.0 Å². The maximum atomic E-state index is 11.8. The first-order chi connectivity index (χ1) is 12.1. The van der Waals surface area contributed by atoms with Crippen molar-refractivity contribution >= 4 is 61.3 Å². The molecule has 2 rings (SSSR count). The highest BCUT2D eigenvalue weighted by Crippen LogP contribution is 2.50. The lowest BCUT2D eigenvalue weighted by Gasteiger charge is -2.22. The van der Waals surface area contributed by atoms with E-state index in [1.807, 2.05) is 36.4 Å². The zero-order chi connectivity index (χ0) is 18.0. The molecule has 0 aromatic carbocycles. The second-order valence-electron chi connectivity index (χ2n) is 4.57. The summed E-state index contributed by atoms with van der Waals surface area (Å²) in [5.41, 5.74) is 0. The molecule has 0 aliphatic heterocycles. The van der Waals surface area contributed by atoms with E-state index in [4.69, 9.17) is 11.2 Å². The van der Waals surface area contributed by atoms with Gasteiger partial charge in [-0.2, -0.15) is 0 Å². The predicted molar refractivity (Wildman–Crippen MR) is 112 cm³/mol. The van der Waals surface area contributed by atoms with Gasteiger partial charge in [0.1, 0.15) is 10.1 Å². The molecular formula is C14H17ClN3O2PS4. The van der Waals surface area contributed by atoms with Crippen LogP contribution in [0.2, 0.25) is 0 Å². The first kappa shape index (κ1) is 21.4. The van der Waals surface area contributed by atoms with Crippen molar-refractivity contribution in [1.29, 1.82) is 0 Å². The van der Waals surface area contributed by atoms with Crippen LogP contribution in [0, 0.1) is 0 Å². The van der Waals surface area contributed by atoms with Crippen molar-refractivity contribution in [2.24, 2.45) is 0 Å². The van der Waals surface area contributed by atoms with Gasteiger partial charge in [0.05, 0.1) is 0 Å². The van der Waals surface area contributed by atoms with Crippen molar-refractivity contribution in [3.8, 4) is 0 Å². The zero-order valence-corrected chi connectivity index (χ0v) is 18.0. The van der Waals surface area contributed by atoms with Crippen LogP contribution in [0.1, 0.15) is 0 Å². The quantitative estimate of drug-likeness (QED) is 0.277. The van der Waals surface area contributed by atoms with Crippen LogP contribution in [0.5, 0.6) is 0 Å². The van der Waals surface area contributed by atoms with Crippen molar-refractivity contribution < 1.29 is 9.46 Å². The summed E-state index contributed by atoms with van der Waals surface area (Å²) in [6, 6.07) is 11.5. The van der Waals surface area contributed by atoms with E-state index in [0.29, 0.717) is 24.6 Å². The molecule has 0 radical (unpaired) electrons. The Morgan fingerprint density at radius 3 is 1.80 bits per heavy atom. The maximum absolute atomic E-state index is 11.8. The van der Waals surface area contributed by atoms with E-state index in [9.17, 15) is 9.46 Å². The van der Waals surface area contributed by atoms with Gasteiger partial charge in [-0.3, -0.25) is 4.57 Å². The summed E-state index contributed by atoms with van der Waals surface area (Å²) in [6.07, 6.45) is 3.48. The van der Waals surface area contributed by atoms with Gasteiger partial charge in [0.2, 0.25) is 0 Å².